The number of rotatable bonds is 6. The summed E-state index contributed by atoms with van der Waals surface area (Å²) < 4.78 is 3.30. The molecule has 0 spiro atoms. The lowest BCUT2D eigenvalue weighted by molar-refractivity contribution is 0.403. The summed E-state index contributed by atoms with van der Waals surface area (Å²) in [6, 6.07) is 12.6. The largest absolute Gasteiger partial charge is 0.391 e. The molecule has 0 saturated carbocycles. The van der Waals surface area contributed by atoms with E-state index in [-0.39, 0.29) is 11.6 Å². The van der Waals surface area contributed by atoms with E-state index in [1.165, 1.54) is 16.8 Å². The first-order chi connectivity index (χ1) is 12.1. The molecule has 5 heteroatoms. The number of hydrogen-bond donors (Lipinski definition) is 3. The van der Waals surface area contributed by atoms with E-state index in [9.17, 15) is 0 Å². The molecular weight excluding hydrogens is 376 g/mol. The minimum atomic E-state index is -0.370. The molecule has 0 fully saturated rings. The number of nitrogens with zero attached hydrogens (tertiary/aromatic N) is 1. The summed E-state index contributed by atoms with van der Waals surface area (Å²) in [5, 5.41) is 10.3. The lowest BCUT2D eigenvalue weighted by atomic mass is 9.82. The fourth-order valence-electron chi connectivity index (χ4n) is 3.48. The molecular formula is C20H25BrN4. The van der Waals surface area contributed by atoms with Crippen molar-refractivity contribution in [3.05, 3.63) is 82.3 Å². The Balaban J connectivity index is 2.06. The van der Waals surface area contributed by atoms with Gasteiger partial charge in [0.15, 0.2) is 0 Å². The summed E-state index contributed by atoms with van der Waals surface area (Å²) in [6.45, 7) is 0.826. The molecule has 0 aliphatic heterocycles. The van der Waals surface area contributed by atoms with Gasteiger partial charge in [0.25, 0.3) is 0 Å². The van der Waals surface area contributed by atoms with Crippen molar-refractivity contribution in [2.45, 2.75) is 18.1 Å². The van der Waals surface area contributed by atoms with Crippen LogP contribution in [0, 0.1) is 0 Å². The van der Waals surface area contributed by atoms with Gasteiger partial charge in [0.1, 0.15) is 5.66 Å². The van der Waals surface area contributed by atoms with Gasteiger partial charge < -0.3 is 9.88 Å². The third-order valence-electron chi connectivity index (χ3n) is 4.89. The fourth-order valence-corrected chi connectivity index (χ4v) is 3.90. The summed E-state index contributed by atoms with van der Waals surface area (Å²) in [7, 11) is 5.96. The second-order valence-corrected chi connectivity index (χ2v) is 7.15. The van der Waals surface area contributed by atoms with Crippen LogP contribution in [0.2, 0.25) is 0 Å². The van der Waals surface area contributed by atoms with Crippen LogP contribution in [0.3, 0.4) is 0 Å². The summed E-state index contributed by atoms with van der Waals surface area (Å²) in [4.78, 5) is 0. The van der Waals surface area contributed by atoms with E-state index < -0.39 is 0 Å². The van der Waals surface area contributed by atoms with Crippen molar-refractivity contribution in [2.24, 2.45) is 0 Å². The molecule has 1 aromatic heterocycles. The maximum Gasteiger partial charge on any atom is 0.113 e. The molecule has 3 N–H and O–H groups in total. The fraction of sp³-hybridized carbons (Fsp3) is 0.300. The van der Waals surface area contributed by atoms with Gasteiger partial charge >= 0.3 is 0 Å². The van der Waals surface area contributed by atoms with Gasteiger partial charge in [-0.25, -0.2) is 0 Å². The van der Waals surface area contributed by atoms with Crippen LogP contribution in [-0.4, -0.2) is 31.4 Å². The average molecular weight is 401 g/mol. The van der Waals surface area contributed by atoms with Crippen LogP contribution in [0.25, 0.3) is 0 Å². The first-order valence-corrected chi connectivity index (χ1v) is 9.27. The molecule has 0 bridgehead atoms. The van der Waals surface area contributed by atoms with Crippen molar-refractivity contribution in [3.63, 3.8) is 0 Å². The number of hydrogen-bond acceptors (Lipinski definition) is 3. The van der Waals surface area contributed by atoms with Gasteiger partial charge in [-0.2, -0.15) is 0 Å². The Morgan fingerprint density at radius 2 is 1.80 bits per heavy atom. The topological polar surface area (TPSA) is 41.0 Å². The molecule has 25 heavy (non-hydrogen) atoms. The highest BCUT2D eigenvalue weighted by Crippen LogP contribution is 2.35. The third kappa shape index (κ3) is 3.59. The Kier molecular flexibility index (Phi) is 5.47. The van der Waals surface area contributed by atoms with Crippen molar-refractivity contribution in [1.82, 2.24) is 20.5 Å². The number of likely N-dealkylation sites (N-methyl/N-ethyl adjacent to an activating group) is 3. The molecule has 1 aromatic carbocycles. The van der Waals surface area contributed by atoms with E-state index in [1.807, 2.05) is 21.1 Å². The van der Waals surface area contributed by atoms with Gasteiger partial charge in [0, 0.05) is 42.1 Å². The molecule has 1 aliphatic carbocycles. The predicted molar refractivity (Wildman–Crippen MR) is 107 cm³/mol. The summed E-state index contributed by atoms with van der Waals surface area (Å²) in [5.41, 5.74) is 3.36. The second-order valence-electron chi connectivity index (χ2n) is 6.24. The molecule has 132 valence electrons. The SMILES string of the molecule is CNC1=CC(NC)(NC)C(Cn2cccc2)=CC1c1cccc(Br)c1. The second kappa shape index (κ2) is 7.60. The smallest absolute Gasteiger partial charge is 0.113 e. The van der Waals surface area contributed by atoms with Crippen LogP contribution in [-0.2, 0) is 6.54 Å². The van der Waals surface area contributed by atoms with E-state index in [1.54, 1.807) is 0 Å². The third-order valence-corrected chi connectivity index (χ3v) is 5.38. The molecule has 3 rings (SSSR count). The molecule has 0 radical (unpaired) electrons. The molecule has 4 nitrogen and oxygen atoms in total. The minimum absolute atomic E-state index is 0.197. The van der Waals surface area contributed by atoms with Crippen LogP contribution in [0.4, 0.5) is 0 Å². The maximum absolute atomic E-state index is 3.59. The van der Waals surface area contributed by atoms with Crippen LogP contribution in [0.15, 0.2) is 76.7 Å². The summed E-state index contributed by atoms with van der Waals surface area (Å²) in [6.07, 6.45) is 8.82. The number of aromatic nitrogens is 1. The molecule has 1 unspecified atom stereocenters. The molecule has 1 atom stereocenters. The Hall–Kier alpha value is -1.82. The van der Waals surface area contributed by atoms with Crippen LogP contribution < -0.4 is 16.0 Å². The van der Waals surface area contributed by atoms with Crippen molar-refractivity contribution in [1.29, 1.82) is 0 Å². The highest BCUT2D eigenvalue weighted by atomic mass is 79.9. The lowest BCUT2D eigenvalue weighted by Gasteiger charge is -2.39. The maximum atomic E-state index is 3.59. The standard InChI is InChI=1S/C20H25BrN4/c1-22-19-13-20(23-2,24-3)16(14-25-9-4-5-10-25)12-18(19)15-7-6-8-17(21)11-15/h4-13,18,22-24H,14H2,1-3H3. The van der Waals surface area contributed by atoms with Gasteiger partial charge in [-0.05, 0) is 55.6 Å². The highest BCUT2D eigenvalue weighted by Gasteiger charge is 2.35. The zero-order valence-corrected chi connectivity index (χ0v) is 16.5. The van der Waals surface area contributed by atoms with E-state index >= 15 is 0 Å². The number of nitrogens with one attached hydrogen (secondary N) is 3. The first kappa shape index (κ1) is 18.0. The van der Waals surface area contributed by atoms with Gasteiger partial charge in [-0.1, -0.05) is 34.1 Å². The number of halogens is 1. The quantitative estimate of drug-likeness (QED) is 0.514. The predicted octanol–water partition coefficient (Wildman–Crippen LogP) is 3.21. The van der Waals surface area contributed by atoms with Gasteiger partial charge in [-0.3, -0.25) is 10.6 Å². The van der Waals surface area contributed by atoms with Crippen molar-refractivity contribution in [3.8, 4) is 0 Å². The van der Waals surface area contributed by atoms with Crippen molar-refractivity contribution < 1.29 is 0 Å². The lowest BCUT2D eigenvalue weighted by Crippen LogP contribution is -2.56. The van der Waals surface area contributed by atoms with Gasteiger partial charge in [0.2, 0.25) is 0 Å². The monoisotopic (exact) mass is 400 g/mol. The van der Waals surface area contributed by atoms with Crippen molar-refractivity contribution in [2.75, 3.05) is 21.1 Å². The number of benzene rings is 1. The molecule has 0 amide bonds. The highest BCUT2D eigenvalue weighted by molar-refractivity contribution is 9.10. The van der Waals surface area contributed by atoms with Gasteiger partial charge in [0.05, 0.1) is 0 Å². The Morgan fingerprint density at radius 1 is 1.08 bits per heavy atom. The van der Waals surface area contributed by atoms with Crippen molar-refractivity contribution >= 4 is 15.9 Å². The van der Waals surface area contributed by atoms with E-state index in [2.05, 4.69) is 97.4 Å². The van der Waals surface area contributed by atoms with Gasteiger partial charge in [-0.15, -0.1) is 0 Å². The molecule has 1 aliphatic rings. The number of allylic oxidation sites excluding steroid dienone is 1. The van der Waals surface area contributed by atoms with E-state index in [0.29, 0.717) is 0 Å². The Bertz CT molecular complexity index is 773. The normalized spacial score (nSPS) is 19.3. The average Bonchev–Trinajstić information content (AvgIpc) is 3.14. The Labute approximate surface area is 158 Å². The molecule has 2 aromatic rings. The Morgan fingerprint density at radius 3 is 2.40 bits per heavy atom. The minimum Gasteiger partial charge on any atom is -0.391 e. The van der Waals surface area contributed by atoms with Crippen LogP contribution >= 0.6 is 15.9 Å². The zero-order chi connectivity index (χ0) is 17.9. The summed E-state index contributed by atoms with van der Waals surface area (Å²) >= 11 is 3.59. The first-order valence-electron chi connectivity index (χ1n) is 8.47. The molecule has 0 saturated heterocycles. The summed E-state index contributed by atoms with van der Waals surface area (Å²) in [5.74, 6) is 0.197. The van der Waals surface area contributed by atoms with E-state index in [0.717, 1.165) is 11.0 Å². The molecule has 1 heterocycles. The van der Waals surface area contributed by atoms with Crippen LogP contribution in [0.1, 0.15) is 11.5 Å². The van der Waals surface area contributed by atoms with E-state index in [4.69, 9.17) is 0 Å². The zero-order valence-electron chi connectivity index (χ0n) is 14.9. The van der Waals surface area contributed by atoms with Crippen LogP contribution in [0.5, 0.6) is 0 Å².